The third kappa shape index (κ3) is 6.77. The quantitative estimate of drug-likeness (QED) is 0.693. The number of rotatable bonds is 8. The van der Waals surface area contributed by atoms with Crippen LogP contribution >= 0.6 is 0 Å². The highest BCUT2D eigenvalue weighted by Gasteiger charge is 2.25. The molecule has 0 saturated carbocycles. The third-order valence-electron chi connectivity index (χ3n) is 4.57. The maximum atomic E-state index is 12.0. The molecule has 144 valence electrons. The Labute approximate surface area is 156 Å². The van der Waals surface area contributed by atoms with E-state index >= 15 is 0 Å². The smallest absolute Gasteiger partial charge is 0.251 e. The number of nitrogens with zero attached hydrogens (tertiary/aromatic N) is 1. The third-order valence-corrected chi connectivity index (χ3v) is 4.57. The van der Waals surface area contributed by atoms with Crippen LogP contribution in [0.25, 0.3) is 0 Å². The fourth-order valence-corrected chi connectivity index (χ4v) is 3.20. The van der Waals surface area contributed by atoms with Gasteiger partial charge in [-0.15, -0.1) is 0 Å². The molecule has 1 aromatic rings. The van der Waals surface area contributed by atoms with Crippen molar-refractivity contribution in [2.45, 2.75) is 51.9 Å². The molecule has 2 rings (SSSR count). The molecule has 1 fully saturated rings. The van der Waals surface area contributed by atoms with E-state index in [0.717, 1.165) is 13.1 Å². The minimum absolute atomic E-state index is 0.0279. The van der Waals surface area contributed by atoms with Crippen LogP contribution < -0.4 is 10.6 Å². The van der Waals surface area contributed by atoms with Gasteiger partial charge < -0.3 is 15.4 Å². The van der Waals surface area contributed by atoms with Crippen LogP contribution in [-0.2, 0) is 9.53 Å². The van der Waals surface area contributed by atoms with Gasteiger partial charge >= 0.3 is 0 Å². The molecular formula is C20H31N3O3. The number of ether oxygens (including phenoxy) is 1. The van der Waals surface area contributed by atoms with Gasteiger partial charge in [0, 0.05) is 44.2 Å². The summed E-state index contributed by atoms with van der Waals surface area (Å²) in [7, 11) is 0. The number of benzene rings is 1. The summed E-state index contributed by atoms with van der Waals surface area (Å²) in [6.45, 7) is 9.21. The molecule has 3 atom stereocenters. The molecule has 0 aliphatic carbocycles. The van der Waals surface area contributed by atoms with Gasteiger partial charge in [0.15, 0.2) is 0 Å². The van der Waals surface area contributed by atoms with E-state index in [1.807, 2.05) is 18.2 Å². The van der Waals surface area contributed by atoms with Crippen molar-refractivity contribution in [1.29, 1.82) is 0 Å². The zero-order chi connectivity index (χ0) is 18.9. The molecule has 0 radical (unpaired) electrons. The van der Waals surface area contributed by atoms with Gasteiger partial charge in [-0.05, 0) is 39.3 Å². The summed E-state index contributed by atoms with van der Waals surface area (Å²) in [5, 5.41) is 5.83. The lowest BCUT2D eigenvalue weighted by atomic mass is 10.1. The molecule has 0 spiro atoms. The molecule has 1 heterocycles. The molecule has 6 nitrogen and oxygen atoms in total. The number of hydrogen-bond donors (Lipinski definition) is 2. The van der Waals surface area contributed by atoms with Crippen LogP contribution in [0.15, 0.2) is 30.3 Å². The maximum Gasteiger partial charge on any atom is 0.251 e. The highest BCUT2D eigenvalue weighted by atomic mass is 16.5. The predicted octanol–water partition coefficient (Wildman–Crippen LogP) is 1.81. The minimum Gasteiger partial charge on any atom is -0.373 e. The first-order chi connectivity index (χ1) is 12.5. The van der Waals surface area contributed by atoms with Crippen LogP contribution in [0.1, 0.15) is 44.0 Å². The summed E-state index contributed by atoms with van der Waals surface area (Å²) in [5.74, 6) is -0.0737. The molecule has 1 saturated heterocycles. The normalized spacial score (nSPS) is 21.8. The van der Waals surface area contributed by atoms with Gasteiger partial charge in [0.25, 0.3) is 5.91 Å². The van der Waals surface area contributed by atoms with E-state index in [2.05, 4.69) is 36.3 Å². The van der Waals surface area contributed by atoms with Crippen molar-refractivity contribution in [3.8, 4) is 0 Å². The Kier molecular flexibility index (Phi) is 8.06. The van der Waals surface area contributed by atoms with Gasteiger partial charge in [0.2, 0.25) is 5.91 Å². The summed E-state index contributed by atoms with van der Waals surface area (Å²) in [6, 6.07) is 9.37. The lowest BCUT2D eigenvalue weighted by molar-refractivity contribution is -0.121. The molecule has 3 unspecified atom stereocenters. The number of carbonyl (C=O) groups excluding carboxylic acids is 2. The van der Waals surface area contributed by atoms with E-state index in [-0.39, 0.29) is 30.1 Å². The number of nitrogens with one attached hydrogen (secondary N) is 2. The molecule has 2 amide bonds. The van der Waals surface area contributed by atoms with Gasteiger partial charge in [-0.2, -0.15) is 0 Å². The second-order valence-corrected chi connectivity index (χ2v) is 7.09. The van der Waals surface area contributed by atoms with Gasteiger partial charge in [0.05, 0.1) is 12.2 Å². The molecule has 6 heteroatoms. The Morgan fingerprint density at radius 1 is 1.15 bits per heavy atom. The van der Waals surface area contributed by atoms with Crippen LogP contribution in [0.3, 0.4) is 0 Å². The monoisotopic (exact) mass is 361 g/mol. The number of amides is 2. The largest absolute Gasteiger partial charge is 0.373 e. The van der Waals surface area contributed by atoms with Crippen LogP contribution in [0.4, 0.5) is 0 Å². The van der Waals surface area contributed by atoms with Crippen molar-refractivity contribution in [2.24, 2.45) is 0 Å². The van der Waals surface area contributed by atoms with Crippen molar-refractivity contribution in [3.05, 3.63) is 35.9 Å². The summed E-state index contributed by atoms with van der Waals surface area (Å²) in [6.07, 6.45) is 1.50. The van der Waals surface area contributed by atoms with Gasteiger partial charge in [-0.3, -0.25) is 14.5 Å². The first-order valence-corrected chi connectivity index (χ1v) is 9.45. The van der Waals surface area contributed by atoms with Gasteiger partial charge in [-0.1, -0.05) is 18.2 Å². The molecule has 1 aliphatic heterocycles. The maximum absolute atomic E-state index is 12.0. The Morgan fingerprint density at radius 3 is 2.46 bits per heavy atom. The molecule has 0 bridgehead atoms. The zero-order valence-corrected chi connectivity index (χ0v) is 16.0. The Morgan fingerprint density at radius 2 is 1.81 bits per heavy atom. The van der Waals surface area contributed by atoms with Crippen LogP contribution in [0.5, 0.6) is 0 Å². The molecule has 1 aliphatic rings. The number of morpholine rings is 1. The fraction of sp³-hybridized carbons (Fsp3) is 0.600. The van der Waals surface area contributed by atoms with Crippen molar-refractivity contribution in [1.82, 2.24) is 15.5 Å². The van der Waals surface area contributed by atoms with Crippen molar-refractivity contribution < 1.29 is 14.3 Å². The van der Waals surface area contributed by atoms with E-state index in [9.17, 15) is 9.59 Å². The molecule has 2 N–H and O–H groups in total. The van der Waals surface area contributed by atoms with Crippen molar-refractivity contribution in [2.75, 3.05) is 26.2 Å². The number of hydrogen-bond acceptors (Lipinski definition) is 4. The Balaban J connectivity index is 1.59. The summed E-state index contributed by atoms with van der Waals surface area (Å²) >= 11 is 0. The second kappa shape index (κ2) is 10.3. The number of carbonyl (C=O) groups is 2. The van der Waals surface area contributed by atoms with Crippen LogP contribution in [0, 0.1) is 0 Å². The SMILES string of the molecule is CC1CN(C(C)CNC(=O)CCCNC(=O)c2ccccc2)CC(C)O1. The lowest BCUT2D eigenvalue weighted by Gasteiger charge is -2.39. The van der Waals surface area contributed by atoms with Crippen molar-refractivity contribution >= 4 is 11.8 Å². The molecule has 0 aromatic heterocycles. The van der Waals surface area contributed by atoms with E-state index in [4.69, 9.17) is 4.74 Å². The Bertz CT molecular complexity index is 569. The zero-order valence-electron chi connectivity index (χ0n) is 16.0. The standard InChI is InChI=1S/C20H31N3O3/c1-15(23-13-16(2)26-17(3)14-23)12-22-19(24)10-7-11-21-20(25)18-8-5-4-6-9-18/h4-6,8-9,15-17H,7,10-14H2,1-3H3,(H,21,25)(H,22,24). The second-order valence-electron chi connectivity index (χ2n) is 7.09. The van der Waals surface area contributed by atoms with E-state index in [0.29, 0.717) is 31.5 Å². The highest BCUT2D eigenvalue weighted by Crippen LogP contribution is 2.13. The summed E-state index contributed by atoms with van der Waals surface area (Å²) < 4.78 is 5.75. The van der Waals surface area contributed by atoms with Gasteiger partial charge in [-0.25, -0.2) is 0 Å². The van der Waals surface area contributed by atoms with E-state index in [1.54, 1.807) is 12.1 Å². The van der Waals surface area contributed by atoms with Crippen molar-refractivity contribution in [3.63, 3.8) is 0 Å². The topological polar surface area (TPSA) is 70.7 Å². The first kappa shape index (κ1) is 20.4. The highest BCUT2D eigenvalue weighted by molar-refractivity contribution is 5.94. The van der Waals surface area contributed by atoms with E-state index < -0.39 is 0 Å². The minimum atomic E-state index is -0.102. The van der Waals surface area contributed by atoms with Gasteiger partial charge in [0.1, 0.15) is 0 Å². The van der Waals surface area contributed by atoms with Crippen LogP contribution in [-0.4, -0.2) is 61.1 Å². The lowest BCUT2D eigenvalue weighted by Crippen LogP contribution is -2.52. The molecular weight excluding hydrogens is 330 g/mol. The fourth-order valence-electron chi connectivity index (χ4n) is 3.20. The first-order valence-electron chi connectivity index (χ1n) is 9.45. The summed E-state index contributed by atoms with van der Waals surface area (Å²) in [5.41, 5.74) is 0.639. The summed E-state index contributed by atoms with van der Waals surface area (Å²) in [4.78, 5) is 26.3. The Hall–Kier alpha value is -1.92. The van der Waals surface area contributed by atoms with E-state index in [1.165, 1.54) is 0 Å². The van der Waals surface area contributed by atoms with Crippen LogP contribution in [0.2, 0.25) is 0 Å². The average Bonchev–Trinajstić information content (AvgIpc) is 2.63. The predicted molar refractivity (Wildman–Crippen MR) is 102 cm³/mol. The molecule has 1 aromatic carbocycles. The average molecular weight is 361 g/mol. The molecule has 26 heavy (non-hydrogen) atoms.